The molecular formula is C53H30F4. The van der Waals surface area contributed by atoms with Crippen molar-refractivity contribution in [2.24, 2.45) is 0 Å². The Labute approximate surface area is 325 Å². The molecule has 57 heavy (non-hydrogen) atoms. The highest BCUT2D eigenvalue weighted by atomic mass is 19.1. The van der Waals surface area contributed by atoms with Crippen LogP contribution in [0.15, 0.2) is 170 Å². The monoisotopic (exact) mass is 742 g/mol. The molecule has 0 N–H and O–H groups in total. The summed E-state index contributed by atoms with van der Waals surface area (Å²) in [6.45, 7) is 0. The van der Waals surface area contributed by atoms with Gasteiger partial charge < -0.3 is 0 Å². The lowest BCUT2D eigenvalue weighted by molar-refractivity contribution is 0.589. The second kappa shape index (κ2) is 12.8. The van der Waals surface area contributed by atoms with Crippen LogP contribution in [-0.2, 0) is 6.42 Å². The van der Waals surface area contributed by atoms with Crippen LogP contribution < -0.4 is 0 Å². The highest BCUT2D eigenvalue weighted by Gasteiger charge is 2.28. The van der Waals surface area contributed by atoms with Gasteiger partial charge in [-0.3, -0.25) is 0 Å². The molecule has 0 amide bonds. The van der Waals surface area contributed by atoms with Gasteiger partial charge in [-0.25, -0.2) is 17.6 Å². The third-order valence-electron chi connectivity index (χ3n) is 11.8. The minimum atomic E-state index is -0.605. The number of hydrogen-bond acceptors (Lipinski definition) is 0. The van der Waals surface area contributed by atoms with Crippen LogP contribution in [0.1, 0.15) is 11.1 Å². The lowest BCUT2D eigenvalue weighted by Crippen LogP contribution is -1.96. The molecule has 0 saturated carbocycles. The topological polar surface area (TPSA) is 0 Å². The van der Waals surface area contributed by atoms with Gasteiger partial charge in [-0.2, -0.15) is 0 Å². The van der Waals surface area contributed by atoms with Gasteiger partial charge in [-0.05, 0) is 124 Å². The maximum Gasteiger partial charge on any atom is 0.134 e. The van der Waals surface area contributed by atoms with E-state index in [1.54, 1.807) is 0 Å². The number of halogens is 4. The van der Waals surface area contributed by atoms with Crippen molar-refractivity contribution in [3.63, 3.8) is 0 Å². The van der Waals surface area contributed by atoms with E-state index in [4.69, 9.17) is 0 Å². The summed E-state index contributed by atoms with van der Waals surface area (Å²) in [5, 5.41) is 6.66. The maximum atomic E-state index is 15.6. The van der Waals surface area contributed by atoms with Crippen molar-refractivity contribution in [1.82, 2.24) is 0 Å². The summed E-state index contributed by atoms with van der Waals surface area (Å²) < 4.78 is 62.3. The Kier molecular flexibility index (Phi) is 7.45. The fraction of sp³-hybridized carbons (Fsp3) is 0.0189. The number of fused-ring (bicyclic) bond motifs is 7. The van der Waals surface area contributed by atoms with Gasteiger partial charge in [-0.15, -0.1) is 0 Å². The molecule has 0 radical (unpaired) electrons. The van der Waals surface area contributed by atoms with Gasteiger partial charge in [0.05, 0.1) is 11.1 Å². The van der Waals surface area contributed by atoms with Crippen LogP contribution in [0.5, 0.6) is 0 Å². The maximum absolute atomic E-state index is 15.6. The van der Waals surface area contributed by atoms with Crippen molar-refractivity contribution in [2.45, 2.75) is 6.42 Å². The van der Waals surface area contributed by atoms with Crippen LogP contribution in [0.25, 0.3) is 98.7 Å². The third-order valence-corrected chi connectivity index (χ3v) is 11.8. The number of hydrogen-bond donors (Lipinski definition) is 0. The van der Waals surface area contributed by atoms with E-state index >= 15 is 17.6 Å². The summed E-state index contributed by atoms with van der Waals surface area (Å²) in [5.74, 6) is -2.42. The molecule has 0 bridgehead atoms. The summed E-state index contributed by atoms with van der Waals surface area (Å²) in [6, 6.07) is 52.6. The van der Waals surface area contributed by atoms with Crippen LogP contribution >= 0.6 is 0 Å². The Hall–Kier alpha value is -7.04. The fourth-order valence-corrected chi connectivity index (χ4v) is 9.47. The molecule has 0 fully saturated rings. The van der Waals surface area contributed by atoms with E-state index < -0.39 is 23.3 Å². The molecule has 11 rings (SSSR count). The summed E-state index contributed by atoms with van der Waals surface area (Å²) >= 11 is 0. The van der Waals surface area contributed by atoms with E-state index in [0.29, 0.717) is 11.1 Å². The smallest absolute Gasteiger partial charge is 0.134 e. The van der Waals surface area contributed by atoms with Gasteiger partial charge in [0.15, 0.2) is 0 Å². The van der Waals surface area contributed by atoms with Crippen LogP contribution in [-0.4, -0.2) is 0 Å². The number of benzene rings is 10. The molecule has 0 unspecified atom stereocenters. The third kappa shape index (κ3) is 4.93. The second-order valence-electron chi connectivity index (χ2n) is 14.8. The first-order valence-corrected chi connectivity index (χ1v) is 19.0. The van der Waals surface area contributed by atoms with E-state index in [9.17, 15) is 0 Å². The normalized spacial score (nSPS) is 12.1. The first kappa shape index (κ1) is 33.3. The Bertz CT molecular complexity index is 3170. The molecule has 1 aliphatic rings. The van der Waals surface area contributed by atoms with E-state index in [-0.39, 0.29) is 11.1 Å². The zero-order valence-electron chi connectivity index (χ0n) is 30.4. The van der Waals surface area contributed by atoms with Crippen molar-refractivity contribution < 1.29 is 17.6 Å². The summed E-state index contributed by atoms with van der Waals surface area (Å²) in [5.41, 5.74) is 9.63. The minimum absolute atomic E-state index is 0.0343. The lowest BCUT2D eigenvalue weighted by atomic mass is 9.83. The zero-order chi connectivity index (χ0) is 38.4. The molecule has 0 nitrogen and oxygen atoms in total. The van der Waals surface area contributed by atoms with E-state index in [1.807, 2.05) is 97.1 Å². The van der Waals surface area contributed by atoms with Gasteiger partial charge in [0, 0.05) is 11.1 Å². The largest absolute Gasteiger partial charge is 0.206 e. The molecule has 0 spiro atoms. The van der Waals surface area contributed by atoms with Crippen LogP contribution in [0.3, 0.4) is 0 Å². The molecule has 10 aromatic carbocycles. The number of rotatable bonds is 4. The highest BCUT2D eigenvalue weighted by Crippen LogP contribution is 2.52. The van der Waals surface area contributed by atoms with Gasteiger partial charge in [-0.1, -0.05) is 140 Å². The predicted molar refractivity (Wildman–Crippen MR) is 226 cm³/mol. The van der Waals surface area contributed by atoms with Crippen LogP contribution in [0.2, 0.25) is 0 Å². The molecule has 270 valence electrons. The summed E-state index contributed by atoms with van der Waals surface area (Å²) in [4.78, 5) is 0. The van der Waals surface area contributed by atoms with Crippen LogP contribution in [0, 0.1) is 23.3 Å². The predicted octanol–water partition coefficient (Wildman–Crippen LogP) is 15.1. The van der Waals surface area contributed by atoms with Gasteiger partial charge in [0.25, 0.3) is 0 Å². The molecule has 1 aliphatic carbocycles. The fourth-order valence-electron chi connectivity index (χ4n) is 9.47. The SMILES string of the molecule is Fc1cccc(F)c1-c1c2ccccc2c(-c2ccc3c(c2)-c2c(cccc2-c2c4ccccc4c(-c4c(F)cccc4F)c4ccccc24)C3)c2ccccc12. The van der Waals surface area contributed by atoms with Crippen molar-refractivity contribution in [2.75, 3.05) is 0 Å². The first-order valence-electron chi connectivity index (χ1n) is 19.0. The van der Waals surface area contributed by atoms with Gasteiger partial charge in [0.2, 0.25) is 0 Å². The standard InChI is InChI=1S/C53H30F4/c54-43-22-10-23-44(55)52(43)50-37-17-5-1-13-33(37)47(34-14-2-6-18-38(34)50)32-27-26-30-28-31-12-9-21-41(48(31)42(30)29-32)49-35-15-3-7-19-39(35)51(40-20-8-4-16-36(40)49)53-45(56)24-11-25-46(53)57/h1-27,29H,28H2. The second-order valence-corrected chi connectivity index (χ2v) is 14.8. The quantitative estimate of drug-likeness (QED) is 0.124. The first-order chi connectivity index (χ1) is 28.0. The summed E-state index contributed by atoms with van der Waals surface area (Å²) in [7, 11) is 0. The van der Waals surface area contributed by atoms with E-state index in [0.717, 1.165) is 82.9 Å². The molecule has 0 aliphatic heterocycles. The van der Waals surface area contributed by atoms with Crippen molar-refractivity contribution in [3.05, 3.63) is 204 Å². The average molecular weight is 743 g/mol. The molecule has 0 saturated heterocycles. The molecule has 0 heterocycles. The minimum Gasteiger partial charge on any atom is -0.206 e. The summed E-state index contributed by atoms with van der Waals surface area (Å²) in [6.07, 6.45) is 0.750. The Morgan fingerprint density at radius 3 is 1.09 bits per heavy atom. The molecule has 10 aromatic rings. The van der Waals surface area contributed by atoms with Crippen molar-refractivity contribution in [1.29, 1.82) is 0 Å². The van der Waals surface area contributed by atoms with E-state index in [2.05, 4.69) is 36.4 Å². The van der Waals surface area contributed by atoms with E-state index in [1.165, 1.54) is 47.5 Å². The zero-order valence-corrected chi connectivity index (χ0v) is 30.4. The Morgan fingerprint density at radius 2 is 0.649 bits per heavy atom. The Balaban J connectivity index is 1.19. The van der Waals surface area contributed by atoms with Crippen molar-refractivity contribution >= 4 is 43.1 Å². The Morgan fingerprint density at radius 1 is 0.263 bits per heavy atom. The molecule has 0 atom stereocenters. The van der Waals surface area contributed by atoms with Gasteiger partial charge >= 0.3 is 0 Å². The molecule has 4 heteroatoms. The van der Waals surface area contributed by atoms with Gasteiger partial charge in [0.1, 0.15) is 23.3 Å². The average Bonchev–Trinajstić information content (AvgIpc) is 3.61. The highest BCUT2D eigenvalue weighted by molar-refractivity contribution is 6.24. The molecular weight excluding hydrogens is 713 g/mol. The molecule has 0 aromatic heterocycles. The van der Waals surface area contributed by atoms with Crippen LogP contribution in [0.4, 0.5) is 17.6 Å². The lowest BCUT2D eigenvalue weighted by Gasteiger charge is -2.21. The van der Waals surface area contributed by atoms with Crippen molar-refractivity contribution in [3.8, 4) is 55.6 Å².